The molecule has 0 saturated carbocycles. The second-order valence-corrected chi connectivity index (χ2v) is 10.1. The van der Waals surface area contributed by atoms with Crippen LogP contribution in [0.5, 0.6) is 0 Å². The number of allylic oxidation sites excluding steroid dienone is 2. The van der Waals surface area contributed by atoms with Crippen molar-refractivity contribution in [3.05, 3.63) is 34.7 Å². The lowest BCUT2D eigenvalue weighted by Gasteiger charge is -2.34. The Balaban J connectivity index is 1.76. The Morgan fingerprint density at radius 3 is 2.54 bits per heavy atom. The summed E-state index contributed by atoms with van der Waals surface area (Å²) < 4.78 is 29.8. The molecule has 3 rings (SSSR count). The molecule has 130 valence electrons. The second-order valence-electron chi connectivity index (χ2n) is 6.95. The molecule has 24 heavy (non-hydrogen) atoms. The summed E-state index contributed by atoms with van der Waals surface area (Å²) in [6, 6.07) is 7.62. The molecular formula is C17H22NO4PS. The zero-order valence-electron chi connectivity index (χ0n) is 14.4. The van der Waals surface area contributed by atoms with Crippen LogP contribution in [0.3, 0.4) is 0 Å². The van der Waals surface area contributed by atoms with E-state index >= 15 is 0 Å². The molecule has 1 aliphatic rings. The molecule has 0 radical (unpaired) electrons. The highest BCUT2D eigenvalue weighted by Gasteiger charge is 2.37. The average molecular weight is 367 g/mol. The van der Waals surface area contributed by atoms with Gasteiger partial charge < -0.3 is 13.5 Å². The van der Waals surface area contributed by atoms with Gasteiger partial charge in [0.05, 0.1) is 19.4 Å². The van der Waals surface area contributed by atoms with Crippen molar-refractivity contribution in [3.63, 3.8) is 0 Å². The Morgan fingerprint density at radius 2 is 1.92 bits per heavy atom. The highest BCUT2D eigenvalue weighted by Crippen LogP contribution is 2.56. The number of fused-ring (bicyclic) bond motifs is 1. The summed E-state index contributed by atoms with van der Waals surface area (Å²) in [5.41, 5.74) is 2.50. The van der Waals surface area contributed by atoms with Gasteiger partial charge in [0.2, 0.25) is 0 Å². The number of nitrogens with zero attached hydrogens (tertiary/aromatic N) is 1. The molecule has 1 saturated heterocycles. The molecule has 0 atom stereocenters. The fraction of sp³-hybridized carbons (Fsp3) is 0.471. The van der Waals surface area contributed by atoms with Crippen LogP contribution in [0.25, 0.3) is 11.1 Å². The number of aromatic nitrogens is 1. The zero-order valence-corrected chi connectivity index (χ0v) is 16.1. The molecule has 1 aromatic carbocycles. The van der Waals surface area contributed by atoms with Crippen molar-refractivity contribution in [3.8, 4) is 0 Å². The molecule has 1 fully saturated rings. The number of benzene rings is 1. The van der Waals surface area contributed by atoms with E-state index in [1.54, 1.807) is 0 Å². The Kier molecular flexibility index (Phi) is 4.94. The normalized spacial score (nSPS) is 19.3. The molecule has 0 N–H and O–H groups in total. The lowest BCUT2D eigenvalue weighted by atomic mass is 9.97. The van der Waals surface area contributed by atoms with E-state index in [1.807, 2.05) is 52.0 Å². The van der Waals surface area contributed by atoms with E-state index in [-0.39, 0.29) is 11.6 Å². The van der Waals surface area contributed by atoms with Crippen molar-refractivity contribution >= 4 is 30.5 Å². The molecule has 2 heterocycles. The number of thioether (sulfide) groups is 1. The molecule has 2 aromatic rings. The van der Waals surface area contributed by atoms with Gasteiger partial charge in [0.15, 0.2) is 5.58 Å². The highest BCUT2D eigenvalue weighted by molar-refractivity contribution is 8.03. The van der Waals surface area contributed by atoms with Crippen molar-refractivity contribution in [1.82, 2.24) is 4.98 Å². The quantitative estimate of drug-likeness (QED) is 0.527. The lowest BCUT2D eigenvalue weighted by Crippen LogP contribution is -2.30. The summed E-state index contributed by atoms with van der Waals surface area (Å²) in [6.07, 6.45) is 0.245. The standard InChI is InChI=1S/C17H22NO4PS/c1-12(2)15(9-23(19)20-10-17(3,4)11-21-23)24-16-18-13-7-5-6-8-14(13)22-16/h5-8H,9-11H2,1-4H3. The van der Waals surface area contributed by atoms with Gasteiger partial charge in [0.1, 0.15) is 5.52 Å². The molecule has 0 spiro atoms. The molecule has 1 aromatic heterocycles. The Labute approximate surface area is 146 Å². The van der Waals surface area contributed by atoms with Crippen molar-refractivity contribution in [2.45, 2.75) is 32.9 Å². The van der Waals surface area contributed by atoms with E-state index in [0.717, 1.165) is 21.6 Å². The SMILES string of the molecule is CC(C)=C(CP1(=O)OCC(C)(C)CO1)Sc1nc2ccccc2o1. The zero-order chi connectivity index (χ0) is 17.4. The maximum atomic E-state index is 12.9. The monoisotopic (exact) mass is 367 g/mol. The first-order chi connectivity index (χ1) is 11.3. The predicted molar refractivity (Wildman–Crippen MR) is 96.4 cm³/mol. The van der Waals surface area contributed by atoms with Crippen molar-refractivity contribution in [2.75, 3.05) is 19.4 Å². The van der Waals surface area contributed by atoms with Gasteiger partial charge in [-0.3, -0.25) is 4.57 Å². The Morgan fingerprint density at radius 1 is 1.25 bits per heavy atom. The van der Waals surface area contributed by atoms with Crippen LogP contribution in [0.2, 0.25) is 0 Å². The highest BCUT2D eigenvalue weighted by atomic mass is 32.2. The predicted octanol–water partition coefficient (Wildman–Crippen LogP) is 5.48. The first-order valence-corrected chi connectivity index (χ1v) is 10.4. The van der Waals surface area contributed by atoms with Gasteiger partial charge in [-0.25, -0.2) is 4.98 Å². The molecular weight excluding hydrogens is 345 g/mol. The molecule has 0 aliphatic carbocycles. The lowest BCUT2D eigenvalue weighted by molar-refractivity contribution is 0.0424. The van der Waals surface area contributed by atoms with Crippen LogP contribution in [0.1, 0.15) is 27.7 Å². The van der Waals surface area contributed by atoms with Crippen molar-refractivity contribution in [2.24, 2.45) is 5.41 Å². The molecule has 5 nitrogen and oxygen atoms in total. The second kappa shape index (κ2) is 6.68. The van der Waals surface area contributed by atoms with Gasteiger partial charge in [0, 0.05) is 10.3 Å². The van der Waals surface area contributed by atoms with Gasteiger partial charge in [-0.05, 0) is 37.7 Å². The average Bonchev–Trinajstić information content (AvgIpc) is 2.92. The van der Waals surface area contributed by atoms with Crippen LogP contribution in [0.4, 0.5) is 0 Å². The van der Waals surface area contributed by atoms with Crippen LogP contribution >= 0.6 is 19.4 Å². The molecule has 0 unspecified atom stereocenters. The minimum atomic E-state index is -3.12. The minimum absolute atomic E-state index is 0.105. The number of hydrogen-bond acceptors (Lipinski definition) is 6. The topological polar surface area (TPSA) is 61.6 Å². The van der Waals surface area contributed by atoms with E-state index in [2.05, 4.69) is 4.98 Å². The summed E-state index contributed by atoms with van der Waals surface area (Å²) in [6.45, 7) is 8.90. The molecule has 7 heteroatoms. The third-order valence-corrected chi connectivity index (χ3v) is 6.79. The van der Waals surface area contributed by atoms with Crippen molar-refractivity contribution in [1.29, 1.82) is 0 Å². The fourth-order valence-electron chi connectivity index (χ4n) is 2.18. The summed E-state index contributed by atoms with van der Waals surface area (Å²) in [4.78, 5) is 5.37. The number of oxazole rings is 1. The smallest absolute Gasteiger partial charge is 0.335 e. The van der Waals surface area contributed by atoms with E-state index in [0.29, 0.717) is 18.4 Å². The maximum absolute atomic E-state index is 12.9. The number of para-hydroxylation sites is 2. The van der Waals surface area contributed by atoms with Gasteiger partial charge in [-0.1, -0.05) is 31.6 Å². The first-order valence-electron chi connectivity index (χ1n) is 7.84. The van der Waals surface area contributed by atoms with E-state index in [9.17, 15) is 4.57 Å². The van der Waals surface area contributed by atoms with Crippen LogP contribution in [-0.2, 0) is 13.6 Å². The van der Waals surface area contributed by atoms with Crippen molar-refractivity contribution < 1.29 is 18.0 Å². The number of hydrogen-bond donors (Lipinski definition) is 0. The van der Waals surface area contributed by atoms with Gasteiger partial charge in [0.25, 0.3) is 5.22 Å². The number of rotatable bonds is 4. The first kappa shape index (κ1) is 17.7. The van der Waals surface area contributed by atoms with E-state index in [1.165, 1.54) is 11.8 Å². The third-order valence-electron chi connectivity index (χ3n) is 3.68. The third kappa shape index (κ3) is 4.12. The summed E-state index contributed by atoms with van der Waals surface area (Å²) in [5.74, 6) is 0. The molecule has 1 aliphatic heterocycles. The summed E-state index contributed by atoms with van der Waals surface area (Å²) in [5, 5.41) is 0.538. The van der Waals surface area contributed by atoms with Crippen LogP contribution in [-0.4, -0.2) is 24.4 Å². The van der Waals surface area contributed by atoms with E-state index < -0.39 is 7.60 Å². The summed E-state index contributed by atoms with van der Waals surface area (Å²) >= 11 is 1.38. The molecule has 0 bridgehead atoms. The molecule has 0 amide bonds. The Bertz CT molecular complexity index is 776. The van der Waals surface area contributed by atoms with E-state index in [4.69, 9.17) is 13.5 Å². The van der Waals surface area contributed by atoms with Gasteiger partial charge in [-0.2, -0.15) is 0 Å². The Hall–Kier alpha value is -1.07. The summed E-state index contributed by atoms with van der Waals surface area (Å²) in [7, 11) is -3.12. The van der Waals surface area contributed by atoms with Crippen LogP contribution < -0.4 is 0 Å². The van der Waals surface area contributed by atoms with Crippen LogP contribution in [0.15, 0.2) is 44.4 Å². The fourth-order valence-corrected chi connectivity index (χ4v) is 5.63. The largest absolute Gasteiger partial charge is 0.431 e. The van der Waals surface area contributed by atoms with Gasteiger partial charge >= 0.3 is 7.60 Å². The van der Waals surface area contributed by atoms with Crippen LogP contribution in [0, 0.1) is 5.41 Å². The van der Waals surface area contributed by atoms with Gasteiger partial charge in [-0.15, -0.1) is 0 Å². The maximum Gasteiger partial charge on any atom is 0.335 e. The minimum Gasteiger partial charge on any atom is -0.431 e.